The van der Waals surface area contributed by atoms with E-state index < -0.39 is 28.4 Å². The minimum atomic E-state index is -3.93. The van der Waals surface area contributed by atoms with Crippen molar-refractivity contribution in [3.8, 4) is 0 Å². The summed E-state index contributed by atoms with van der Waals surface area (Å²) < 4.78 is 26.5. The van der Waals surface area contributed by atoms with Crippen LogP contribution in [-0.2, 0) is 19.6 Å². The van der Waals surface area contributed by atoms with Gasteiger partial charge in [0.25, 0.3) is 11.8 Å². The van der Waals surface area contributed by atoms with Crippen LogP contribution >= 0.6 is 0 Å². The van der Waals surface area contributed by atoms with E-state index in [0.717, 1.165) is 5.56 Å². The molecule has 0 atom stereocenters. The van der Waals surface area contributed by atoms with Gasteiger partial charge in [-0.2, -0.15) is 0 Å². The second-order valence-corrected chi connectivity index (χ2v) is 7.67. The molecule has 0 aromatic heterocycles. The third-order valence-electron chi connectivity index (χ3n) is 3.54. The molecule has 0 aliphatic heterocycles. The normalized spacial score (nSPS) is 10.8. The first kappa shape index (κ1) is 21.1. The number of hydrazine groups is 1. The van der Waals surface area contributed by atoms with E-state index in [1.165, 1.54) is 31.2 Å². The Kier molecular flexibility index (Phi) is 6.85. The van der Waals surface area contributed by atoms with Crippen molar-refractivity contribution in [1.82, 2.24) is 15.6 Å². The molecule has 0 unspecified atom stereocenters. The Morgan fingerprint density at radius 1 is 0.893 bits per heavy atom. The molecule has 10 heteroatoms. The van der Waals surface area contributed by atoms with Gasteiger partial charge in [0.2, 0.25) is 15.9 Å². The molecule has 0 saturated heterocycles. The van der Waals surface area contributed by atoms with E-state index in [4.69, 9.17) is 0 Å². The van der Waals surface area contributed by atoms with E-state index in [0.29, 0.717) is 11.3 Å². The number of hydrogen-bond donors (Lipinski definition) is 4. The standard InChI is InChI=1S/C18H20N4O5S/c1-12-3-5-14(6-4-12)18(25)22-21-17(24)11-19-28(26,27)16-9-7-15(8-10-16)20-13(2)23/h3-10,19H,11H2,1-2H3,(H,20,23)(H,21,24)(H,22,25). The summed E-state index contributed by atoms with van der Waals surface area (Å²) in [6.07, 6.45) is 0. The fourth-order valence-electron chi connectivity index (χ4n) is 2.11. The van der Waals surface area contributed by atoms with Crippen LogP contribution < -0.4 is 20.9 Å². The molecule has 28 heavy (non-hydrogen) atoms. The molecule has 4 N–H and O–H groups in total. The third-order valence-corrected chi connectivity index (χ3v) is 4.95. The van der Waals surface area contributed by atoms with Crippen LogP contribution in [0.15, 0.2) is 53.4 Å². The van der Waals surface area contributed by atoms with Gasteiger partial charge in [-0.3, -0.25) is 25.2 Å². The first-order chi connectivity index (χ1) is 13.2. The molecule has 148 valence electrons. The maximum Gasteiger partial charge on any atom is 0.269 e. The Labute approximate surface area is 162 Å². The second kappa shape index (κ2) is 9.11. The van der Waals surface area contributed by atoms with Gasteiger partial charge in [-0.05, 0) is 43.3 Å². The summed E-state index contributed by atoms with van der Waals surface area (Å²) in [5.41, 5.74) is 6.13. The van der Waals surface area contributed by atoms with Crippen molar-refractivity contribution in [3.63, 3.8) is 0 Å². The molecule has 0 radical (unpaired) electrons. The summed E-state index contributed by atoms with van der Waals surface area (Å²) in [6, 6.07) is 12.2. The van der Waals surface area contributed by atoms with Crippen molar-refractivity contribution >= 4 is 33.4 Å². The zero-order valence-electron chi connectivity index (χ0n) is 15.3. The molecule has 0 bridgehead atoms. The van der Waals surface area contributed by atoms with Gasteiger partial charge in [-0.15, -0.1) is 0 Å². The van der Waals surface area contributed by atoms with Gasteiger partial charge in [-0.25, -0.2) is 13.1 Å². The Morgan fingerprint density at radius 2 is 1.50 bits per heavy atom. The molecular formula is C18H20N4O5S. The van der Waals surface area contributed by atoms with Gasteiger partial charge < -0.3 is 5.32 Å². The largest absolute Gasteiger partial charge is 0.326 e. The molecule has 9 nitrogen and oxygen atoms in total. The molecule has 0 spiro atoms. The second-order valence-electron chi connectivity index (χ2n) is 5.90. The molecule has 0 fully saturated rings. The monoisotopic (exact) mass is 404 g/mol. The zero-order valence-corrected chi connectivity index (χ0v) is 16.1. The Balaban J connectivity index is 1.86. The molecule has 0 aliphatic rings. The fourth-order valence-corrected chi connectivity index (χ4v) is 3.09. The lowest BCUT2D eigenvalue weighted by Crippen LogP contribution is -2.46. The van der Waals surface area contributed by atoms with Crippen molar-refractivity contribution in [2.45, 2.75) is 18.7 Å². The summed E-state index contributed by atoms with van der Waals surface area (Å²) in [5.74, 6) is -1.54. The average molecular weight is 404 g/mol. The van der Waals surface area contributed by atoms with Crippen LogP contribution in [0.2, 0.25) is 0 Å². The first-order valence-electron chi connectivity index (χ1n) is 8.20. The first-order valence-corrected chi connectivity index (χ1v) is 9.69. The van der Waals surface area contributed by atoms with Crippen LogP contribution in [0.5, 0.6) is 0 Å². The van der Waals surface area contributed by atoms with Gasteiger partial charge in [0, 0.05) is 18.2 Å². The summed E-state index contributed by atoms with van der Waals surface area (Å²) in [4.78, 5) is 34.6. The molecule has 2 rings (SSSR count). The van der Waals surface area contributed by atoms with Crippen molar-refractivity contribution in [2.75, 3.05) is 11.9 Å². The molecule has 3 amide bonds. The molecule has 0 aliphatic carbocycles. The number of carbonyl (C=O) groups excluding carboxylic acids is 3. The minimum Gasteiger partial charge on any atom is -0.326 e. The number of sulfonamides is 1. The van der Waals surface area contributed by atoms with Crippen molar-refractivity contribution < 1.29 is 22.8 Å². The number of nitrogens with one attached hydrogen (secondary N) is 4. The fraction of sp³-hybridized carbons (Fsp3) is 0.167. The predicted molar refractivity (Wildman–Crippen MR) is 103 cm³/mol. The maximum atomic E-state index is 12.2. The van der Waals surface area contributed by atoms with Crippen molar-refractivity contribution in [3.05, 3.63) is 59.7 Å². The number of rotatable bonds is 6. The van der Waals surface area contributed by atoms with Gasteiger partial charge in [0.05, 0.1) is 11.4 Å². The molecule has 0 heterocycles. The zero-order chi connectivity index (χ0) is 20.7. The highest BCUT2D eigenvalue weighted by atomic mass is 32.2. The predicted octanol–water partition coefficient (Wildman–Crippen LogP) is 0.693. The van der Waals surface area contributed by atoms with Crippen LogP contribution in [-0.4, -0.2) is 32.7 Å². The van der Waals surface area contributed by atoms with E-state index in [9.17, 15) is 22.8 Å². The highest BCUT2D eigenvalue weighted by Crippen LogP contribution is 2.13. The van der Waals surface area contributed by atoms with E-state index in [1.807, 2.05) is 6.92 Å². The third kappa shape index (κ3) is 6.18. The van der Waals surface area contributed by atoms with Crippen LogP contribution in [0, 0.1) is 6.92 Å². The Bertz CT molecular complexity index is 970. The van der Waals surface area contributed by atoms with E-state index in [2.05, 4.69) is 20.9 Å². The van der Waals surface area contributed by atoms with Crippen molar-refractivity contribution in [2.24, 2.45) is 0 Å². The summed E-state index contributed by atoms with van der Waals surface area (Å²) in [7, 11) is -3.93. The van der Waals surface area contributed by atoms with E-state index >= 15 is 0 Å². The highest BCUT2D eigenvalue weighted by molar-refractivity contribution is 7.89. The molecule has 2 aromatic rings. The number of benzene rings is 2. The number of anilines is 1. The number of carbonyl (C=O) groups is 3. The van der Waals surface area contributed by atoms with Gasteiger partial charge >= 0.3 is 0 Å². The summed E-state index contributed by atoms with van der Waals surface area (Å²) >= 11 is 0. The lowest BCUT2D eigenvalue weighted by molar-refractivity contribution is -0.120. The molecule has 0 saturated carbocycles. The SMILES string of the molecule is CC(=O)Nc1ccc(S(=O)(=O)NCC(=O)NNC(=O)c2ccc(C)cc2)cc1. The summed E-state index contributed by atoms with van der Waals surface area (Å²) in [5, 5.41) is 2.52. The smallest absolute Gasteiger partial charge is 0.269 e. The molecular weight excluding hydrogens is 384 g/mol. The topological polar surface area (TPSA) is 133 Å². The quantitative estimate of drug-likeness (QED) is 0.526. The number of aryl methyl sites for hydroxylation is 1. The van der Waals surface area contributed by atoms with Gasteiger partial charge in [-0.1, -0.05) is 17.7 Å². The van der Waals surface area contributed by atoms with Crippen LogP contribution in [0.4, 0.5) is 5.69 Å². The number of amides is 3. The Hall–Kier alpha value is -3.24. The van der Waals surface area contributed by atoms with E-state index in [1.54, 1.807) is 24.3 Å². The Morgan fingerprint density at radius 3 is 2.07 bits per heavy atom. The molecule has 2 aromatic carbocycles. The van der Waals surface area contributed by atoms with Crippen LogP contribution in [0.3, 0.4) is 0 Å². The number of hydrogen-bond acceptors (Lipinski definition) is 5. The maximum absolute atomic E-state index is 12.2. The minimum absolute atomic E-state index is 0.0712. The average Bonchev–Trinajstić information content (AvgIpc) is 2.65. The van der Waals surface area contributed by atoms with Gasteiger partial charge in [0.15, 0.2) is 0 Å². The van der Waals surface area contributed by atoms with Crippen LogP contribution in [0.1, 0.15) is 22.8 Å². The lowest BCUT2D eigenvalue weighted by Gasteiger charge is -2.10. The summed E-state index contributed by atoms with van der Waals surface area (Å²) in [6.45, 7) is 2.65. The lowest BCUT2D eigenvalue weighted by atomic mass is 10.1. The van der Waals surface area contributed by atoms with Crippen molar-refractivity contribution in [1.29, 1.82) is 0 Å². The van der Waals surface area contributed by atoms with Gasteiger partial charge in [0.1, 0.15) is 0 Å². The highest BCUT2D eigenvalue weighted by Gasteiger charge is 2.16. The van der Waals surface area contributed by atoms with Crippen LogP contribution in [0.25, 0.3) is 0 Å². The van der Waals surface area contributed by atoms with E-state index in [-0.39, 0.29) is 10.8 Å².